The molecule has 0 fully saturated rings. The third-order valence-corrected chi connectivity index (χ3v) is 4.21. The molecule has 0 bridgehead atoms. The van der Waals surface area contributed by atoms with Crippen molar-refractivity contribution >= 4 is 5.69 Å². The van der Waals surface area contributed by atoms with Gasteiger partial charge in [-0.15, -0.1) is 0 Å². The lowest BCUT2D eigenvalue weighted by molar-refractivity contribution is -0.138. The largest absolute Gasteiger partial charge is 0.416 e. The zero-order valence-corrected chi connectivity index (χ0v) is 12.9. The Bertz CT molecular complexity index is 708. The van der Waals surface area contributed by atoms with Crippen LogP contribution in [-0.4, -0.2) is 13.6 Å². The van der Waals surface area contributed by atoms with E-state index in [4.69, 9.17) is 0 Å². The quantitative estimate of drug-likeness (QED) is 0.890. The number of fused-ring (bicyclic) bond motifs is 1. The maximum atomic E-state index is 13.4. The average molecular weight is 320 g/mol. The lowest BCUT2D eigenvalue weighted by Gasteiger charge is -2.17. The van der Waals surface area contributed by atoms with Gasteiger partial charge in [0.15, 0.2) is 0 Å². The topological polar surface area (TPSA) is 24.1 Å². The third kappa shape index (κ3) is 3.34. The van der Waals surface area contributed by atoms with Crippen LogP contribution in [0.1, 0.15) is 27.8 Å². The molecule has 0 saturated heterocycles. The Morgan fingerprint density at radius 2 is 2.00 bits per heavy atom. The van der Waals surface area contributed by atoms with E-state index in [-0.39, 0.29) is 0 Å². The van der Waals surface area contributed by atoms with Crippen molar-refractivity contribution in [3.63, 3.8) is 0 Å². The molecule has 2 nitrogen and oxygen atoms in total. The van der Waals surface area contributed by atoms with Crippen molar-refractivity contribution in [1.29, 1.82) is 0 Å². The number of benzene rings is 2. The highest BCUT2D eigenvalue weighted by Crippen LogP contribution is 2.35. The number of hydrogen-bond acceptors (Lipinski definition) is 2. The summed E-state index contributed by atoms with van der Waals surface area (Å²) in [4.78, 5) is 0. The molecular weight excluding hydrogens is 301 g/mol. The van der Waals surface area contributed by atoms with Gasteiger partial charge in [0.05, 0.1) is 5.56 Å². The lowest BCUT2D eigenvalue weighted by Crippen LogP contribution is -2.15. The molecule has 0 spiro atoms. The predicted molar refractivity (Wildman–Crippen MR) is 85.6 cm³/mol. The van der Waals surface area contributed by atoms with E-state index in [9.17, 15) is 13.2 Å². The number of anilines is 1. The fourth-order valence-corrected chi connectivity index (χ4v) is 3.14. The van der Waals surface area contributed by atoms with Gasteiger partial charge in [0, 0.05) is 18.8 Å². The third-order valence-electron chi connectivity index (χ3n) is 4.21. The minimum atomic E-state index is -4.34. The molecular formula is C18H19F3N2. The van der Waals surface area contributed by atoms with Crippen LogP contribution < -0.4 is 10.6 Å². The monoisotopic (exact) mass is 320 g/mol. The minimum absolute atomic E-state index is 0.292. The fourth-order valence-electron chi connectivity index (χ4n) is 3.14. The molecule has 0 aromatic heterocycles. The molecule has 0 atom stereocenters. The van der Waals surface area contributed by atoms with E-state index >= 15 is 0 Å². The number of nitrogens with one attached hydrogen (secondary N) is 2. The van der Waals surface area contributed by atoms with Crippen molar-refractivity contribution in [2.75, 3.05) is 18.9 Å². The molecule has 1 aliphatic rings. The van der Waals surface area contributed by atoms with Crippen LogP contribution in [0.15, 0.2) is 36.4 Å². The molecule has 2 aromatic rings. The van der Waals surface area contributed by atoms with Crippen LogP contribution in [0.2, 0.25) is 0 Å². The molecule has 5 heteroatoms. The van der Waals surface area contributed by atoms with E-state index in [0.717, 1.165) is 24.2 Å². The highest BCUT2D eigenvalue weighted by atomic mass is 19.4. The van der Waals surface area contributed by atoms with Crippen molar-refractivity contribution in [3.8, 4) is 0 Å². The molecule has 1 heterocycles. The summed E-state index contributed by atoms with van der Waals surface area (Å²) in [6.45, 7) is 1.31. The summed E-state index contributed by atoms with van der Waals surface area (Å²) in [5.41, 5.74) is 3.71. The van der Waals surface area contributed by atoms with Gasteiger partial charge in [0.1, 0.15) is 0 Å². The van der Waals surface area contributed by atoms with Gasteiger partial charge in [-0.25, -0.2) is 0 Å². The van der Waals surface area contributed by atoms with Crippen LogP contribution >= 0.6 is 0 Å². The van der Waals surface area contributed by atoms with Crippen molar-refractivity contribution in [3.05, 3.63) is 64.2 Å². The Labute approximate surface area is 133 Å². The molecule has 2 N–H and O–H groups in total. The highest BCUT2D eigenvalue weighted by Gasteiger charge is 2.34. The molecule has 23 heavy (non-hydrogen) atoms. The van der Waals surface area contributed by atoms with Crippen molar-refractivity contribution in [1.82, 2.24) is 5.32 Å². The smallest absolute Gasteiger partial charge is 0.384 e. The van der Waals surface area contributed by atoms with Gasteiger partial charge in [-0.3, -0.25) is 0 Å². The normalized spacial score (nSPS) is 13.7. The van der Waals surface area contributed by atoms with E-state index in [2.05, 4.69) is 10.6 Å². The SMILES string of the molecule is CNCc1cccc(C(F)(F)F)c1Cc1ccc2c(c1)CCN2. The molecule has 0 radical (unpaired) electrons. The van der Waals surface area contributed by atoms with Gasteiger partial charge >= 0.3 is 6.18 Å². The van der Waals surface area contributed by atoms with E-state index < -0.39 is 11.7 Å². The van der Waals surface area contributed by atoms with E-state index in [0.29, 0.717) is 24.1 Å². The standard InChI is InChI=1S/C18H19F3N2/c1-22-11-14-3-2-4-16(18(19,20)21)15(14)10-12-5-6-17-13(9-12)7-8-23-17/h2-6,9,22-23H,7-8,10-11H2,1H3. The van der Waals surface area contributed by atoms with Crippen LogP contribution in [0.3, 0.4) is 0 Å². The molecule has 0 unspecified atom stereocenters. The summed E-state index contributed by atoms with van der Waals surface area (Å²) in [7, 11) is 1.74. The highest BCUT2D eigenvalue weighted by molar-refractivity contribution is 5.57. The van der Waals surface area contributed by atoms with Crippen molar-refractivity contribution in [2.45, 2.75) is 25.6 Å². The van der Waals surface area contributed by atoms with E-state index in [1.54, 1.807) is 13.1 Å². The molecule has 3 rings (SSSR count). The number of hydrogen-bond donors (Lipinski definition) is 2. The maximum absolute atomic E-state index is 13.4. The summed E-state index contributed by atoms with van der Waals surface area (Å²) in [5, 5.41) is 6.22. The molecule has 0 amide bonds. The second-order valence-electron chi connectivity index (χ2n) is 5.82. The molecule has 1 aliphatic heterocycles. The van der Waals surface area contributed by atoms with Crippen LogP contribution in [0.5, 0.6) is 0 Å². The number of rotatable bonds is 4. The molecule has 0 aliphatic carbocycles. The van der Waals surface area contributed by atoms with Gasteiger partial charge in [-0.1, -0.05) is 24.3 Å². The van der Waals surface area contributed by atoms with Crippen LogP contribution in [0, 0.1) is 0 Å². The summed E-state index contributed by atoms with van der Waals surface area (Å²) in [6.07, 6.45) is -3.12. The van der Waals surface area contributed by atoms with Crippen molar-refractivity contribution < 1.29 is 13.2 Å². The second kappa shape index (κ2) is 6.24. The van der Waals surface area contributed by atoms with Crippen LogP contribution in [0.4, 0.5) is 18.9 Å². The second-order valence-corrected chi connectivity index (χ2v) is 5.82. The summed E-state index contributed by atoms with van der Waals surface area (Å²) < 4.78 is 40.1. The van der Waals surface area contributed by atoms with E-state index in [1.165, 1.54) is 17.7 Å². The van der Waals surface area contributed by atoms with Gasteiger partial charge in [-0.2, -0.15) is 13.2 Å². The summed E-state index contributed by atoms with van der Waals surface area (Å²) in [5.74, 6) is 0. The number of halogens is 3. The minimum Gasteiger partial charge on any atom is -0.384 e. The van der Waals surface area contributed by atoms with Crippen LogP contribution in [-0.2, 0) is 25.6 Å². The number of alkyl halides is 3. The average Bonchev–Trinajstić information content (AvgIpc) is 2.95. The molecule has 122 valence electrons. The summed E-state index contributed by atoms with van der Waals surface area (Å²) in [6, 6.07) is 10.3. The van der Waals surface area contributed by atoms with Gasteiger partial charge < -0.3 is 10.6 Å². The van der Waals surface area contributed by atoms with Gasteiger partial charge in [0.25, 0.3) is 0 Å². The Balaban J connectivity index is 2.00. The molecule has 0 saturated carbocycles. The maximum Gasteiger partial charge on any atom is 0.416 e. The van der Waals surface area contributed by atoms with Crippen LogP contribution in [0.25, 0.3) is 0 Å². The summed E-state index contributed by atoms with van der Waals surface area (Å²) >= 11 is 0. The zero-order valence-electron chi connectivity index (χ0n) is 12.9. The van der Waals surface area contributed by atoms with E-state index in [1.807, 2.05) is 18.2 Å². The zero-order chi connectivity index (χ0) is 16.4. The lowest BCUT2D eigenvalue weighted by atomic mass is 9.93. The Kier molecular flexibility index (Phi) is 4.31. The fraction of sp³-hybridized carbons (Fsp3) is 0.333. The van der Waals surface area contributed by atoms with Gasteiger partial charge in [-0.05, 0) is 54.3 Å². The first-order valence-corrected chi connectivity index (χ1v) is 7.67. The Hall–Kier alpha value is -2.01. The Morgan fingerprint density at radius 3 is 2.74 bits per heavy atom. The van der Waals surface area contributed by atoms with Gasteiger partial charge in [0.2, 0.25) is 0 Å². The Morgan fingerprint density at radius 1 is 1.17 bits per heavy atom. The first kappa shape index (κ1) is 15.9. The first-order valence-electron chi connectivity index (χ1n) is 7.67. The first-order chi connectivity index (χ1) is 11.0. The predicted octanol–water partition coefficient (Wildman–Crippen LogP) is 3.98. The van der Waals surface area contributed by atoms with Crippen molar-refractivity contribution in [2.24, 2.45) is 0 Å². The molecule has 2 aromatic carbocycles.